The minimum absolute atomic E-state index is 0.250. The van der Waals surface area contributed by atoms with Crippen molar-refractivity contribution in [2.75, 3.05) is 0 Å². The number of fused-ring (bicyclic) bond motifs is 1. The second-order valence-corrected chi connectivity index (χ2v) is 6.74. The minimum Gasteiger partial charge on any atom is -0.488 e. The van der Waals surface area contributed by atoms with Crippen molar-refractivity contribution in [2.24, 2.45) is 0 Å². The van der Waals surface area contributed by atoms with E-state index in [1.165, 1.54) is 0 Å². The van der Waals surface area contributed by atoms with E-state index < -0.39 is 5.97 Å². The van der Waals surface area contributed by atoms with Gasteiger partial charge in [0.1, 0.15) is 12.4 Å². The van der Waals surface area contributed by atoms with Gasteiger partial charge in [-0.1, -0.05) is 91.0 Å². The molecule has 0 radical (unpaired) electrons. The summed E-state index contributed by atoms with van der Waals surface area (Å²) in [6.45, 7) is 0.371. The third-order valence-electron chi connectivity index (χ3n) is 4.74. The summed E-state index contributed by atoms with van der Waals surface area (Å²) in [4.78, 5) is 11.6. The van der Waals surface area contributed by atoms with Gasteiger partial charge in [0.05, 0.1) is 5.56 Å². The molecule has 4 rings (SSSR count). The SMILES string of the molecule is O=C(O)c1cccc2cccc(OCc3ccc(/C=C/c4ccccc4)cc3)c12. The second kappa shape index (κ2) is 8.44. The fourth-order valence-corrected chi connectivity index (χ4v) is 3.25. The fourth-order valence-electron chi connectivity index (χ4n) is 3.25. The number of rotatable bonds is 6. The summed E-state index contributed by atoms with van der Waals surface area (Å²) < 4.78 is 5.98. The highest BCUT2D eigenvalue weighted by molar-refractivity contribution is 6.06. The first-order valence-electron chi connectivity index (χ1n) is 9.40. The maximum atomic E-state index is 11.6. The summed E-state index contributed by atoms with van der Waals surface area (Å²) in [5.74, 6) is -0.380. The number of carbonyl (C=O) groups is 1. The Morgan fingerprint density at radius 1 is 0.759 bits per heavy atom. The van der Waals surface area contributed by atoms with E-state index in [1.807, 2.05) is 66.7 Å². The Morgan fingerprint density at radius 3 is 2.10 bits per heavy atom. The second-order valence-electron chi connectivity index (χ2n) is 6.74. The first-order chi connectivity index (χ1) is 14.2. The van der Waals surface area contributed by atoms with Crippen LogP contribution in [0.25, 0.3) is 22.9 Å². The van der Waals surface area contributed by atoms with Crippen molar-refractivity contribution in [3.63, 3.8) is 0 Å². The van der Waals surface area contributed by atoms with E-state index >= 15 is 0 Å². The molecule has 0 spiro atoms. The topological polar surface area (TPSA) is 46.5 Å². The van der Waals surface area contributed by atoms with E-state index in [0.717, 1.165) is 22.1 Å². The summed E-state index contributed by atoms with van der Waals surface area (Å²) in [6, 6.07) is 29.1. The molecular formula is C26H20O3. The molecule has 0 amide bonds. The van der Waals surface area contributed by atoms with Crippen molar-refractivity contribution in [3.8, 4) is 5.75 Å². The molecule has 0 aliphatic rings. The standard InChI is InChI=1S/C26H20O3/c27-26(28)23-10-4-8-22-9-5-11-24(25(22)23)29-18-21-16-14-20(15-17-21)13-12-19-6-2-1-3-7-19/h1-17H,18H2,(H,27,28)/b13-12+. The number of aromatic carboxylic acids is 1. The molecule has 0 bridgehead atoms. The zero-order chi connectivity index (χ0) is 20.1. The average Bonchev–Trinajstić information content (AvgIpc) is 2.77. The predicted octanol–water partition coefficient (Wildman–Crippen LogP) is 6.29. The molecular weight excluding hydrogens is 360 g/mol. The van der Waals surface area contributed by atoms with Crippen LogP contribution in [0.3, 0.4) is 0 Å². The summed E-state index contributed by atoms with van der Waals surface area (Å²) >= 11 is 0. The molecule has 0 saturated carbocycles. The predicted molar refractivity (Wildman–Crippen MR) is 117 cm³/mol. The lowest BCUT2D eigenvalue weighted by molar-refractivity contribution is 0.0698. The molecule has 0 aliphatic carbocycles. The molecule has 0 aliphatic heterocycles. The highest BCUT2D eigenvalue weighted by Crippen LogP contribution is 2.29. The number of hydrogen-bond acceptors (Lipinski definition) is 2. The van der Waals surface area contributed by atoms with Crippen molar-refractivity contribution in [1.82, 2.24) is 0 Å². The molecule has 0 atom stereocenters. The molecule has 0 fully saturated rings. The van der Waals surface area contributed by atoms with E-state index in [4.69, 9.17) is 4.74 Å². The molecule has 1 N–H and O–H groups in total. The van der Waals surface area contributed by atoms with Gasteiger partial charge >= 0.3 is 5.97 Å². The number of benzene rings is 4. The molecule has 142 valence electrons. The smallest absolute Gasteiger partial charge is 0.336 e. The van der Waals surface area contributed by atoms with Crippen LogP contribution in [0.15, 0.2) is 91.0 Å². The quantitative estimate of drug-likeness (QED) is 0.400. The molecule has 0 unspecified atom stereocenters. The highest BCUT2D eigenvalue weighted by Gasteiger charge is 2.12. The third kappa shape index (κ3) is 4.36. The summed E-state index contributed by atoms with van der Waals surface area (Å²) in [7, 11) is 0. The molecule has 4 aromatic carbocycles. The van der Waals surface area contributed by atoms with Gasteiger partial charge in [-0.25, -0.2) is 4.79 Å². The maximum Gasteiger partial charge on any atom is 0.336 e. The van der Waals surface area contributed by atoms with Crippen LogP contribution in [0.2, 0.25) is 0 Å². The van der Waals surface area contributed by atoms with Crippen LogP contribution >= 0.6 is 0 Å². The number of carboxylic acids is 1. The Labute approximate surface area is 169 Å². The Bertz CT molecular complexity index is 1150. The van der Waals surface area contributed by atoms with E-state index in [9.17, 15) is 9.90 Å². The Morgan fingerprint density at radius 2 is 1.41 bits per heavy atom. The first kappa shape index (κ1) is 18.5. The van der Waals surface area contributed by atoms with Crippen LogP contribution in [0.5, 0.6) is 5.75 Å². The van der Waals surface area contributed by atoms with E-state index in [0.29, 0.717) is 17.7 Å². The monoisotopic (exact) mass is 380 g/mol. The van der Waals surface area contributed by atoms with Crippen LogP contribution in [0, 0.1) is 0 Å². The van der Waals surface area contributed by atoms with E-state index in [1.54, 1.807) is 12.1 Å². The van der Waals surface area contributed by atoms with E-state index in [-0.39, 0.29) is 5.56 Å². The van der Waals surface area contributed by atoms with Gasteiger partial charge < -0.3 is 9.84 Å². The van der Waals surface area contributed by atoms with Gasteiger partial charge in [0.2, 0.25) is 0 Å². The van der Waals surface area contributed by atoms with Crippen molar-refractivity contribution in [2.45, 2.75) is 6.61 Å². The Balaban J connectivity index is 1.50. The minimum atomic E-state index is -0.957. The zero-order valence-electron chi connectivity index (χ0n) is 15.8. The lowest BCUT2D eigenvalue weighted by Gasteiger charge is -2.11. The largest absolute Gasteiger partial charge is 0.488 e. The molecule has 4 aromatic rings. The Kier molecular flexibility index (Phi) is 5.39. The molecule has 0 heterocycles. The van der Waals surface area contributed by atoms with Crippen LogP contribution in [-0.4, -0.2) is 11.1 Å². The van der Waals surface area contributed by atoms with Gasteiger partial charge in [-0.05, 0) is 34.2 Å². The maximum absolute atomic E-state index is 11.6. The van der Waals surface area contributed by atoms with Crippen LogP contribution < -0.4 is 4.74 Å². The molecule has 0 saturated heterocycles. The van der Waals surface area contributed by atoms with Crippen molar-refractivity contribution in [1.29, 1.82) is 0 Å². The lowest BCUT2D eigenvalue weighted by atomic mass is 10.0. The third-order valence-corrected chi connectivity index (χ3v) is 4.74. The normalized spacial score (nSPS) is 11.0. The zero-order valence-corrected chi connectivity index (χ0v) is 15.8. The molecule has 3 nitrogen and oxygen atoms in total. The number of ether oxygens (including phenoxy) is 1. The van der Waals surface area contributed by atoms with Crippen molar-refractivity contribution >= 4 is 28.9 Å². The van der Waals surface area contributed by atoms with Crippen LogP contribution in [0.1, 0.15) is 27.0 Å². The van der Waals surface area contributed by atoms with Gasteiger partial charge in [0.25, 0.3) is 0 Å². The Hall–Kier alpha value is -3.85. The average molecular weight is 380 g/mol. The summed E-state index contributed by atoms with van der Waals surface area (Å²) in [5.41, 5.74) is 3.53. The van der Waals surface area contributed by atoms with Crippen LogP contribution in [0.4, 0.5) is 0 Å². The van der Waals surface area contributed by atoms with Gasteiger partial charge in [-0.2, -0.15) is 0 Å². The number of hydrogen-bond donors (Lipinski definition) is 1. The fraction of sp³-hybridized carbons (Fsp3) is 0.0385. The molecule has 3 heteroatoms. The highest BCUT2D eigenvalue weighted by atomic mass is 16.5. The lowest BCUT2D eigenvalue weighted by Crippen LogP contribution is -2.01. The van der Waals surface area contributed by atoms with Crippen molar-refractivity contribution in [3.05, 3.63) is 113 Å². The van der Waals surface area contributed by atoms with Crippen LogP contribution in [-0.2, 0) is 6.61 Å². The summed E-state index contributed by atoms with van der Waals surface area (Å²) in [6.07, 6.45) is 4.15. The summed E-state index contributed by atoms with van der Waals surface area (Å²) in [5, 5.41) is 11.0. The van der Waals surface area contributed by atoms with Gasteiger partial charge in [-0.3, -0.25) is 0 Å². The first-order valence-corrected chi connectivity index (χ1v) is 9.40. The van der Waals surface area contributed by atoms with Gasteiger partial charge in [0.15, 0.2) is 0 Å². The van der Waals surface area contributed by atoms with Gasteiger partial charge in [-0.15, -0.1) is 0 Å². The van der Waals surface area contributed by atoms with Crippen molar-refractivity contribution < 1.29 is 14.6 Å². The molecule has 29 heavy (non-hydrogen) atoms. The van der Waals surface area contributed by atoms with Gasteiger partial charge in [0, 0.05) is 5.39 Å². The van der Waals surface area contributed by atoms with E-state index in [2.05, 4.69) is 24.3 Å². The molecule has 0 aromatic heterocycles. The number of carboxylic acid groups (broad SMARTS) is 1.